The van der Waals surface area contributed by atoms with Gasteiger partial charge in [-0.25, -0.2) is 0 Å². The minimum atomic E-state index is -0.109. The zero-order valence-corrected chi connectivity index (χ0v) is 10.3. The molecule has 2 rings (SSSR count). The van der Waals surface area contributed by atoms with Crippen LogP contribution in [-0.4, -0.2) is 15.6 Å². The summed E-state index contributed by atoms with van der Waals surface area (Å²) >= 11 is 0. The largest absolute Gasteiger partial charge is 0.465 e. The highest BCUT2D eigenvalue weighted by atomic mass is 16.3. The number of furan rings is 1. The van der Waals surface area contributed by atoms with Crippen LogP contribution in [0.3, 0.4) is 0 Å². The molecule has 2 aromatic heterocycles. The Bertz CT molecular complexity index is 589. The first-order valence-corrected chi connectivity index (χ1v) is 5.59. The maximum absolute atomic E-state index is 11.8. The molecule has 0 amide bonds. The van der Waals surface area contributed by atoms with Gasteiger partial charge in [0.15, 0.2) is 0 Å². The number of rotatable bonds is 4. The Morgan fingerprint density at radius 3 is 2.83 bits per heavy atom. The van der Waals surface area contributed by atoms with E-state index in [2.05, 4.69) is 5.10 Å². The number of allylic oxidation sites excluding steroid dienone is 3. The maximum Gasteiger partial charge on any atom is 0.206 e. The Morgan fingerprint density at radius 2 is 2.22 bits per heavy atom. The third-order valence-electron chi connectivity index (χ3n) is 2.38. The molecule has 4 nitrogen and oxygen atoms in total. The van der Waals surface area contributed by atoms with Crippen LogP contribution in [0.4, 0.5) is 0 Å². The van der Waals surface area contributed by atoms with Crippen molar-refractivity contribution in [3.05, 3.63) is 59.8 Å². The van der Waals surface area contributed by atoms with Crippen molar-refractivity contribution in [3.63, 3.8) is 0 Å². The smallest absolute Gasteiger partial charge is 0.206 e. The first kappa shape index (κ1) is 12.1. The quantitative estimate of drug-likeness (QED) is 0.470. The number of aromatic nitrogens is 2. The molecule has 92 valence electrons. The summed E-state index contributed by atoms with van der Waals surface area (Å²) < 4.78 is 6.79. The lowest BCUT2D eigenvalue weighted by atomic mass is 10.2. The van der Waals surface area contributed by atoms with Crippen LogP contribution in [0.25, 0.3) is 6.08 Å². The molecular formula is C14H14N2O2. The lowest BCUT2D eigenvalue weighted by molar-refractivity contribution is 0.104. The van der Waals surface area contributed by atoms with Crippen LogP contribution in [-0.2, 0) is 7.05 Å². The Kier molecular flexibility index (Phi) is 3.57. The Balaban J connectivity index is 2.05. The van der Waals surface area contributed by atoms with Crippen molar-refractivity contribution in [1.29, 1.82) is 0 Å². The first-order chi connectivity index (χ1) is 8.65. The number of hydrogen-bond acceptors (Lipinski definition) is 3. The zero-order valence-electron chi connectivity index (χ0n) is 10.3. The average Bonchev–Trinajstić information content (AvgIpc) is 2.97. The van der Waals surface area contributed by atoms with Gasteiger partial charge in [-0.15, -0.1) is 0 Å². The van der Waals surface area contributed by atoms with Gasteiger partial charge in [-0.05, 0) is 42.8 Å². The van der Waals surface area contributed by atoms with Crippen molar-refractivity contribution >= 4 is 11.9 Å². The third-order valence-corrected chi connectivity index (χ3v) is 2.38. The van der Waals surface area contributed by atoms with Gasteiger partial charge in [0.25, 0.3) is 0 Å². The lowest BCUT2D eigenvalue weighted by Crippen LogP contribution is -1.97. The molecule has 0 bridgehead atoms. The summed E-state index contributed by atoms with van der Waals surface area (Å²) in [5, 5.41) is 4.04. The molecule has 0 aliphatic carbocycles. The summed E-state index contributed by atoms with van der Waals surface area (Å²) in [7, 11) is 1.78. The van der Waals surface area contributed by atoms with Crippen LogP contribution in [0.2, 0.25) is 0 Å². The molecule has 0 unspecified atom stereocenters. The molecule has 0 spiro atoms. The minimum absolute atomic E-state index is 0.109. The van der Waals surface area contributed by atoms with Gasteiger partial charge < -0.3 is 4.42 Å². The average molecular weight is 242 g/mol. The van der Waals surface area contributed by atoms with Crippen molar-refractivity contribution in [2.45, 2.75) is 6.92 Å². The molecule has 0 aliphatic rings. The molecule has 0 saturated carbocycles. The van der Waals surface area contributed by atoms with Gasteiger partial charge in [-0.2, -0.15) is 5.10 Å². The van der Waals surface area contributed by atoms with Gasteiger partial charge in [0.05, 0.1) is 6.26 Å². The molecule has 0 fully saturated rings. The van der Waals surface area contributed by atoms with Crippen molar-refractivity contribution < 1.29 is 9.21 Å². The van der Waals surface area contributed by atoms with Crippen molar-refractivity contribution in [3.8, 4) is 0 Å². The molecule has 0 aliphatic heterocycles. The normalized spacial score (nSPS) is 12.2. The summed E-state index contributed by atoms with van der Waals surface area (Å²) in [5.41, 5.74) is 1.38. The molecule has 4 heteroatoms. The number of carbonyl (C=O) groups excluding carboxylic acids is 1. The predicted octanol–water partition coefficient (Wildman–Crippen LogP) is 2.86. The SMILES string of the molecule is CC(/C=C/C(=O)c1ccn(C)n1)=C\c1ccco1. The number of aryl methyl sites for hydroxylation is 1. The van der Waals surface area contributed by atoms with E-state index in [0.29, 0.717) is 5.69 Å². The van der Waals surface area contributed by atoms with Crippen LogP contribution >= 0.6 is 0 Å². The van der Waals surface area contributed by atoms with E-state index >= 15 is 0 Å². The molecule has 0 saturated heterocycles. The molecule has 2 aromatic rings. The second-order valence-electron chi connectivity index (χ2n) is 3.98. The Labute approximate surface area is 105 Å². The lowest BCUT2D eigenvalue weighted by Gasteiger charge is -1.91. The van der Waals surface area contributed by atoms with E-state index in [9.17, 15) is 4.79 Å². The van der Waals surface area contributed by atoms with Gasteiger partial charge >= 0.3 is 0 Å². The van der Waals surface area contributed by atoms with E-state index in [0.717, 1.165) is 11.3 Å². The van der Waals surface area contributed by atoms with E-state index in [4.69, 9.17) is 4.42 Å². The van der Waals surface area contributed by atoms with E-state index in [1.165, 1.54) is 6.08 Å². The van der Waals surface area contributed by atoms with Gasteiger partial charge in [0, 0.05) is 13.2 Å². The summed E-state index contributed by atoms with van der Waals surface area (Å²) in [6.45, 7) is 1.91. The van der Waals surface area contributed by atoms with Crippen molar-refractivity contribution in [1.82, 2.24) is 9.78 Å². The van der Waals surface area contributed by atoms with Crippen LogP contribution in [0, 0.1) is 0 Å². The summed E-state index contributed by atoms with van der Waals surface area (Å²) in [6, 6.07) is 5.37. The van der Waals surface area contributed by atoms with Crippen LogP contribution in [0.5, 0.6) is 0 Å². The number of ketones is 1. The van der Waals surface area contributed by atoms with Crippen LogP contribution in [0.15, 0.2) is 52.8 Å². The minimum Gasteiger partial charge on any atom is -0.465 e. The van der Waals surface area contributed by atoms with Crippen molar-refractivity contribution in [2.75, 3.05) is 0 Å². The van der Waals surface area contributed by atoms with Crippen LogP contribution in [0.1, 0.15) is 23.2 Å². The van der Waals surface area contributed by atoms with E-state index in [1.807, 2.05) is 25.1 Å². The second-order valence-corrected chi connectivity index (χ2v) is 3.98. The summed E-state index contributed by atoms with van der Waals surface area (Å²) in [5.74, 6) is 0.658. The maximum atomic E-state index is 11.8. The fraction of sp³-hybridized carbons (Fsp3) is 0.143. The molecule has 18 heavy (non-hydrogen) atoms. The fourth-order valence-electron chi connectivity index (χ4n) is 1.48. The predicted molar refractivity (Wildman–Crippen MR) is 69.0 cm³/mol. The molecule has 0 N–H and O–H groups in total. The molecule has 0 aromatic carbocycles. The van der Waals surface area contributed by atoms with Gasteiger partial charge in [-0.3, -0.25) is 9.48 Å². The Morgan fingerprint density at radius 1 is 1.39 bits per heavy atom. The molecular weight excluding hydrogens is 228 g/mol. The highest BCUT2D eigenvalue weighted by Gasteiger charge is 2.04. The Hall–Kier alpha value is -2.36. The first-order valence-electron chi connectivity index (χ1n) is 5.59. The highest BCUT2D eigenvalue weighted by molar-refractivity contribution is 6.03. The second kappa shape index (κ2) is 5.31. The summed E-state index contributed by atoms with van der Waals surface area (Å²) in [6.07, 6.45) is 8.48. The number of hydrogen-bond donors (Lipinski definition) is 0. The number of carbonyl (C=O) groups is 1. The third kappa shape index (κ3) is 3.07. The van der Waals surface area contributed by atoms with E-state index in [-0.39, 0.29) is 5.78 Å². The highest BCUT2D eigenvalue weighted by Crippen LogP contribution is 2.08. The summed E-state index contributed by atoms with van der Waals surface area (Å²) in [4.78, 5) is 11.8. The molecule has 0 atom stereocenters. The standard InChI is InChI=1S/C14H14N2O2/c1-11(10-12-4-3-9-18-12)5-6-14(17)13-7-8-16(2)15-13/h3-10H,1-2H3/b6-5+,11-10+. The molecule has 0 radical (unpaired) electrons. The van der Waals surface area contributed by atoms with Gasteiger partial charge in [-0.1, -0.05) is 6.08 Å². The monoisotopic (exact) mass is 242 g/mol. The van der Waals surface area contributed by atoms with Crippen molar-refractivity contribution in [2.24, 2.45) is 7.05 Å². The van der Waals surface area contributed by atoms with Crippen LogP contribution < -0.4 is 0 Å². The van der Waals surface area contributed by atoms with E-state index < -0.39 is 0 Å². The molecule has 2 heterocycles. The fourth-order valence-corrected chi connectivity index (χ4v) is 1.48. The van der Waals surface area contributed by atoms with E-state index in [1.54, 1.807) is 36.3 Å². The number of nitrogens with zero attached hydrogens (tertiary/aromatic N) is 2. The zero-order chi connectivity index (χ0) is 13.0. The van der Waals surface area contributed by atoms with Gasteiger partial charge in [0.2, 0.25) is 5.78 Å². The topological polar surface area (TPSA) is 48.0 Å². The van der Waals surface area contributed by atoms with Gasteiger partial charge in [0.1, 0.15) is 11.5 Å².